The predicted molar refractivity (Wildman–Crippen MR) is 175 cm³/mol. The molecule has 1 fully saturated rings. The molecule has 44 heavy (non-hydrogen) atoms. The third kappa shape index (κ3) is 5.40. The van der Waals surface area contributed by atoms with Crippen LogP contribution in [0.15, 0.2) is 133 Å². The first-order chi connectivity index (χ1) is 21.4. The van der Waals surface area contributed by atoms with Crippen molar-refractivity contribution in [3.8, 4) is 0 Å². The van der Waals surface area contributed by atoms with E-state index in [4.69, 9.17) is 4.74 Å². The summed E-state index contributed by atoms with van der Waals surface area (Å²) >= 11 is 0. The van der Waals surface area contributed by atoms with Crippen molar-refractivity contribution in [3.05, 3.63) is 138 Å². The monoisotopic (exact) mass is 623 g/mol. The van der Waals surface area contributed by atoms with Crippen molar-refractivity contribution in [3.63, 3.8) is 0 Å². The Hall–Kier alpha value is -4.39. The summed E-state index contributed by atoms with van der Waals surface area (Å²) < 4.78 is 19.1. The maximum atomic E-state index is 13.9. The van der Waals surface area contributed by atoms with Crippen LogP contribution < -0.4 is 21.2 Å². The molecule has 0 saturated carbocycles. The average molecular weight is 624 g/mol. The zero-order valence-corrected chi connectivity index (χ0v) is 25.9. The fraction of sp³-hybridized carbons (Fsp3) is 0.171. The van der Waals surface area contributed by atoms with Crippen molar-refractivity contribution in [1.82, 2.24) is 10.2 Å². The Kier molecular flexibility index (Phi) is 8.56. The van der Waals surface area contributed by atoms with Gasteiger partial charge in [-0.05, 0) is 42.0 Å². The molecule has 0 aromatic heterocycles. The van der Waals surface area contributed by atoms with Crippen LogP contribution in [0.3, 0.4) is 0 Å². The third-order valence-corrected chi connectivity index (χ3v) is 14.2. The molecule has 2 amide bonds. The van der Waals surface area contributed by atoms with E-state index in [0.29, 0.717) is 11.7 Å². The van der Waals surface area contributed by atoms with Crippen molar-refractivity contribution in [2.24, 2.45) is 0 Å². The summed E-state index contributed by atoms with van der Waals surface area (Å²) in [6.07, 6.45) is 0.482. The van der Waals surface area contributed by atoms with E-state index in [1.807, 2.05) is 84.9 Å². The molecule has 2 aliphatic rings. The van der Waals surface area contributed by atoms with Gasteiger partial charge in [-0.1, -0.05) is 84.9 Å². The van der Waals surface area contributed by atoms with Crippen LogP contribution >= 0.6 is 7.26 Å². The van der Waals surface area contributed by atoms with Gasteiger partial charge in [-0.3, -0.25) is 18.7 Å². The van der Waals surface area contributed by atoms with Crippen LogP contribution in [0.1, 0.15) is 5.56 Å². The van der Waals surface area contributed by atoms with Crippen LogP contribution in [-0.4, -0.2) is 57.3 Å². The molecular weight excluding hydrogens is 591 g/mol. The number of fused-ring (bicyclic) bond motifs is 1. The van der Waals surface area contributed by atoms with Gasteiger partial charge in [-0.2, -0.15) is 0 Å². The second kappa shape index (κ2) is 12.7. The fourth-order valence-corrected chi connectivity index (χ4v) is 12.3. The minimum absolute atomic E-state index is 0.0815. The van der Waals surface area contributed by atoms with Gasteiger partial charge in [0.25, 0.3) is 5.91 Å². The van der Waals surface area contributed by atoms with Crippen LogP contribution in [-0.2, 0) is 36.3 Å². The Morgan fingerprint density at radius 2 is 1.30 bits per heavy atom. The van der Waals surface area contributed by atoms with Crippen LogP contribution in [0.2, 0.25) is 0 Å². The van der Waals surface area contributed by atoms with Crippen molar-refractivity contribution >= 4 is 51.8 Å². The lowest BCUT2D eigenvalue weighted by atomic mass is 10.0. The zero-order valence-electron chi connectivity index (χ0n) is 24.2. The molecule has 6 rings (SSSR count). The summed E-state index contributed by atoms with van der Waals surface area (Å²) in [5.74, 6) is -1.39. The number of carbonyl (C=O) groups is 3. The second-order valence-corrected chi connectivity index (χ2v) is 15.8. The lowest BCUT2D eigenvalue weighted by molar-refractivity contribution is -0.152. The van der Waals surface area contributed by atoms with E-state index >= 15 is 0 Å². The molecule has 0 aliphatic carbocycles. The summed E-state index contributed by atoms with van der Waals surface area (Å²) in [5.41, 5.74) is 1.54. The van der Waals surface area contributed by atoms with Crippen molar-refractivity contribution in [2.45, 2.75) is 17.8 Å². The number of hydrogen-bond acceptors (Lipinski definition) is 5. The van der Waals surface area contributed by atoms with Crippen LogP contribution in [0, 0.1) is 0 Å². The number of hydrogen-bond donors (Lipinski definition) is 1. The quantitative estimate of drug-likeness (QED) is 0.176. The van der Waals surface area contributed by atoms with Crippen molar-refractivity contribution in [2.75, 3.05) is 19.0 Å². The molecule has 4 aromatic rings. The summed E-state index contributed by atoms with van der Waals surface area (Å²) in [7, 11) is -2.75. The molecule has 2 heterocycles. The lowest BCUT2D eigenvalue weighted by Crippen LogP contribution is -2.73. The molecule has 0 radical (unpaired) electrons. The maximum Gasteiger partial charge on any atom is 0.354 e. The first-order valence-corrected chi connectivity index (χ1v) is 17.7. The Morgan fingerprint density at radius 1 is 0.818 bits per heavy atom. The maximum absolute atomic E-state index is 13.9. The summed E-state index contributed by atoms with van der Waals surface area (Å²) in [5, 5.41) is 5.22. The molecule has 0 bridgehead atoms. The van der Waals surface area contributed by atoms with Crippen LogP contribution in [0.4, 0.5) is 0 Å². The number of amides is 2. The number of methoxy groups -OCH3 is 1. The number of benzene rings is 4. The standard InChI is InChI=1S/C35H31N2O5PS/c1-42-35(40)32-26(24-44(41)34-31(33(39)37(32)34)36-30(38)22-25-14-6-2-7-15-25)23-43(27-16-8-3-9-17-27,28-18-10-4-11-19-28)29-20-12-5-13-21-29/h2-21,31,34H,22-24H2,1H3/p+1/t31-,34-,44+/m1/s1. The number of ether oxygens (including phenoxy) is 1. The highest BCUT2D eigenvalue weighted by molar-refractivity contribution is 7.96. The van der Waals surface area contributed by atoms with Gasteiger partial charge in [-0.25, -0.2) is 4.79 Å². The molecule has 4 aromatic carbocycles. The highest BCUT2D eigenvalue weighted by Crippen LogP contribution is 2.57. The molecule has 3 atom stereocenters. The second-order valence-electron chi connectivity index (χ2n) is 10.7. The minimum atomic E-state index is -2.46. The Morgan fingerprint density at radius 3 is 1.77 bits per heavy atom. The van der Waals surface area contributed by atoms with Gasteiger partial charge in [0, 0.05) is 5.57 Å². The first kappa shape index (κ1) is 29.7. The first-order valence-electron chi connectivity index (χ1n) is 14.3. The van der Waals surface area contributed by atoms with E-state index in [1.165, 1.54) is 12.0 Å². The van der Waals surface area contributed by atoms with Crippen molar-refractivity contribution in [1.29, 1.82) is 0 Å². The molecule has 0 unspecified atom stereocenters. The molecular formula is C35H32N2O5PS+. The average Bonchev–Trinajstić information content (AvgIpc) is 3.07. The Balaban J connectivity index is 1.42. The highest BCUT2D eigenvalue weighted by Gasteiger charge is 2.59. The van der Waals surface area contributed by atoms with Crippen LogP contribution in [0.5, 0.6) is 0 Å². The SMILES string of the molecule is COC(=O)C1=C(C[P+](c2ccccc2)(c2ccccc2)c2ccccc2)C[S@](=O)[C@@H]2[C@H](NC(=O)Cc3ccccc3)C(=O)N12. The summed E-state index contributed by atoms with van der Waals surface area (Å²) in [4.78, 5) is 41.2. The van der Waals surface area contributed by atoms with Gasteiger partial charge in [0.15, 0.2) is 0 Å². The fourth-order valence-electron chi connectivity index (χ4n) is 6.12. The third-order valence-electron chi connectivity index (χ3n) is 8.13. The Labute approximate surface area is 259 Å². The normalized spacial score (nSPS) is 19.5. The topological polar surface area (TPSA) is 92.8 Å². The van der Waals surface area contributed by atoms with Gasteiger partial charge in [0.1, 0.15) is 40.3 Å². The number of esters is 1. The summed E-state index contributed by atoms with van der Waals surface area (Å²) in [6, 6.07) is 38.7. The number of β-lactam (4-membered cyclic amide) rings is 1. The zero-order chi connectivity index (χ0) is 30.7. The number of nitrogens with one attached hydrogen (secondary N) is 1. The van der Waals surface area contributed by atoms with Gasteiger partial charge >= 0.3 is 5.97 Å². The molecule has 1 N–H and O–H groups in total. The van der Waals surface area contributed by atoms with Crippen molar-refractivity contribution < 1.29 is 23.3 Å². The van der Waals surface area contributed by atoms with Gasteiger partial charge in [-0.15, -0.1) is 0 Å². The smallest absolute Gasteiger partial charge is 0.354 e. The van der Waals surface area contributed by atoms with E-state index < -0.39 is 41.4 Å². The molecule has 1 saturated heterocycles. The molecule has 0 spiro atoms. The van der Waals surface area contributed by atoms with Gasteiger partial charge < -0.3 is 10.1 Å². The van der Waals surface area contributed by atoms with E-state index in [1.54, 1.807) is 0 Å². The highest BCUT2D eigenvalue weighted by atomic mass is 32.2. The number of carbonyl (C=O) groups excluding carboxylic acids is 3. The van der Waals surface area contributed by atoms with Gasteiger partial charge in [0.05, 0.1) is 36.2 Å². The van der Waals surface area contributed by atoms with E-state index in [9.17, 15) is 18.6 Å². The Bertz CT molecular complexity index is 1640. The molecule has 9 heteroatoms. The molecule has 2 aliphatic heterocycles. The minimum Gasteiger partial charge on any atom is -0.464 e. The van der Waals surface area contributed by atoms with E-state index in [2.05, 4.69) is 41.7 Å². The van der Waals surface area contributed by atoms with E-state index in [0.717, 1.165) is 21.5 Å². The summed E-state index contributed by atoms with van der Waals surface area (Å²) in [6.45, 7) is 0. The molecule has 7 nitrogen and oxygen atoms in total. The van der Waals surface area contributed by atoms with Gasteiger partial charge in [0.2, 0.25) is 5.91 Å². The predicted octanol–water partition coefficient (Wildman–Crippen LogP) is 3.07. The number of nitrogens with zero attached hydrogens (tertiary/aromatic N) is 1. The van der Waals surface area contributed by atoms with E-state index in [-0.39, 0.29) is 23.8 Å². The lowest BCUT2D eigenvalue weighted by Gasteiger charge is -2.49. The molecule has 222 valence electrons. The number of rotatable bonds is 9. The van der Waals surface area contributed by atoms with Crippen LogP contribution in [0.25, 0.3) is 0 Å². The largest absolute Gasteiger partial charge is 0.464 e.